The maximum absolute atomic E-state index is 13.3. The molecule has 3 heterocycles. The number of ether oxygens (including phenoxy) is 2. The highest BCUT2D eigenvalue weighted by Gasteiger charge is 2.21. The van der Waals surface area contributed by atoms with E-state index in [4.69, 9.17) is 9.47 Å². The molecule has 0 spiro atoms. The van der Waals surface area contributed by atoms with E-state index in [1.54, 1.807) is 13.1 Å². The molecule has 0 unspecified atom stereocenters. The van der Waals surface area contributed by atoms with Crippen LogP contribution in [0.5, 0.6) is 5.75 Å². The number of halogens is 1. The fraction of sp³-hybridized carbons (Fsp3) is 0.417. The van der Waals surface area contributed by atoms with Gasteiger partial charge in [0.05, 0.1) is 25.5 Å². The van der Waals surface area contributed by atoms with Gasteiger partial charge in [0.25, 0.3) is 0 Å². The summed E-state index contributed by atoms with van der Waals surface area (Å²) in [6.45, 7) is 2.06. The lowest BCUT2D eigenvalue weighted by Crippen LogP contribution is -2.18. The lowest BCUT2D eigenvalue weighted by molar-refractivity contribution is 0.0528. The molecule has 0 aliphatic carbocycles. The van der Waals surface area contributed by atoms with Gasteiger partial charge in [0.1, 0.15) is 12.2 Å². The Bertz CT molecular complexity index is 657. The predicted molar refractivity (Wildman–Crippen MR) is 67.8 cm³/mol. The number of hydrogen-bond acceptors (Lipinski definition) is 6. The molecule has 0 amide bonds. The molecular formula is C12H13FN4O3. The average molecular weight is 280 g/mol. The first-order valence-electron chi connectivity index (χ1n) is 6.25. The third-order valence-corrected chi connectivity index (χ3v) is 2.87. The third kappa shape index (κ3) is 2.13. The van der Waals surface area contributed by atoms with E-state index in [2.05, 4.69) is 15.4 Å². The van der Waals surface area contributed by atoms with Crippen LogP contribution in [0.3, 0.4) is 0 Å². The lowest BCUT2D eigenvalue weighted by atomic mass is 10.3. The van der Waals surface area contributed by atoms with E-state index in [9.17, 15) is 9.18 Å². The minimum Gasteiger partial charge on any atom is -0.485 e. The molecule has 1 aliphatic heterocycles. The molecule has 0 saturated heterocycles. The van der Waals surface area contributed by atoms with Crippen molar-refractivity contribution >= 4 is 17.4 Å². The van der Waals surface area contributed by atoms with E-state index in [-0.39, 0.29) is 25.3 Å². The second-order valence-electron chi connectivity index (χ2n) is 4.29. The van der Waals surface area contributed by atoms with E-state index in [0.29, 0.717) is 17.2 Å². The van der Waals surface area contributed by atoms with Crippen molar-refractivity contribution in [2.45, 2.75) is 13.1 Å². The molecule has 2 aromatic heterocycles. The van der Waals surface area contributed by atoms with Crippen LogP contribution in [0.15, 0.2) is 12.4 Å². The van der Waals surface area contributed by atoms with E-state index >= 15 is 0 Å². The highest BCUT2D eigenvalue weighted by molar-refractivity contribution is 5.95. The Labute approximate surface area is 113 Å². The van der Waals surface area contributed by atoms with Crippen molar-refractivity contribution in [1.29, 1.82) is 0 Å². The fourth-order valence-corrected chi connectivity index (χ4v) is 1.93. The monoisotopic (exact) mass is 280 g/mol. The molecule has 2 aromatic rings. The van der Waals surface area contributed by atoms with Crippen LogP contribution in [-0.2, 0) is 4.74 Å². The number of anilines is 1. The number of aromatic nitrogens is 3. The number of hydrogen-bond donors (Lipinski definition) is 1. The van der Waals surface area contributed by atoms with Crippen molar-refractivity contribution in [2.24, 2.45) is 0 Å². The van der Waals surface area contributed by atoms with Crippen molar-refractivity contribution in [3.05, 3.63) is 18.0 Å². The molecule has 20 heavy (non-hydrogen) atoms. The van der Waals surface area contributed by atoms with Crippen molar-refractivity contribution in [1.82, 2.24) is 14.6 Å². The number of esters is 1. The molecule has 1 atom stereocenters. The first-order chi connectivity index (χ1) is 9.69. The molecule has 0 bridgehead atoms. The van der Waals surface area contributed by atoms with Crippen LogP contribution < -0.4 is 10.1 Å². The summed E-state index contributed by atoms with van der Waals surface area (Å²) in [5, 5.41) is 6.88. The van der Waals surface area contributed by atoms with Crippen LogP contribution in [0.1, 0.15) is 17.3 Å². The Morgan fingerprint density at radius 3 is 3.35 bits per heavy atom. The third-order valence-electron chi connectivity index (χ3n) is 2.87. The van der Waals surface area contributed by atoms with Gasteiger partial charge in [-0.2, -0.15) is 5.10 Å². The quantitative estimate of drug-likeness (QED) is 0.828. The van der Waals surface area contributed by atoms with Gasteiger partial charge in [-0.1, -0.05) is 0 Å². The summed E-state index contributed by atoms with van der Waals surface area (Å²) in [5.74, 6) is 0.299. The molecular weight excluding hydrogens is 267 g/mol. The van der Waals surface area contributed by atoms with E-state index in [1.807, 2.05) is 0 Å². The summed E-state index contributed by atoms with van der Waals surface area (Å²) < 4.78 is 24.9. The Hall–Kier alpha value is -2.38. The molecule has 1 aliphatic rings. The van der Waals surface area contributed by atoms with E-state index < -0.39 is 12.1 Å². The van der Waals surface area contributed by atoms with Gasteiger partial charge in [-0.15, -0.1) is 0 Å². The van der Waals surface area contributed by atoms with Crippen molar-refractivity contribution in [3.63, 3.8) is 0 Å². The number of fused-ring (bicyclic) bond motifs is 2. The summed E-state index contributed by atoms with van der Waals surface area (Å²) >= 11 is 0. The summed E-state index contributed by atoms with van der Waals surface area (Å²) in [6, 6.07) is 0. The van der Waals surface area contributed by atoms with Gasteiger partial charge in [0.15, 0.2) is 23.4 Å². The summed E-state index contributed by atoms with van der Waals surface area (Å²) in [4.78, 5) is 16.1. The van der Waals surface area contributed by atoms with Crippen molar-refractivity contribution < 1.29 is 18.7 Å². The second kappa shape index (κ2) is 4.95. The average Bonchev–Trinajstić information content (AvgIpc) is 2.76. The molecule has 7 nitrogen and oxygen atoms in total. The van der Waals surface area contributed by atoms with Gasteiger partial charge in [0, 0.05) is 0 Å². The zero-order chi connectivity index (χ0) is 14.1. The zero-order valence-corrected chi connectivity index (χ0v) is 10.8. The Morgan fingerprint density at radius 1 is 1.70 bits per heavy atom. The number of carbonyl (C=O) groups excluding carboxylic acids is 1. The standard InChI is InChI=1S/C12H13FN4O3/c1-2-19-12(18)8-4-15-17-5-9-10(16-11(8)17)14-3-7(13)6-20-9/h4-5,7H,2-3,6H2,1H3,(H,14,16)/t7-/m1/s1. The summed E-state index contributed by atoms with van der Waals surface area (Å²) in [6.07, 6.45) is 1.84. The first kappa shape index (κ1) is 12.6. The zero-order valence-electron chi connectivity index (χ0n) is 10.8. The second-order valence-corrected chi connectivity index (χ2v) is 4.29. The smallest absolute Gasteiger partial charge is 0.343 e. The van der Waals surface area contributed by atoms with Crippen molar-refractivity contribution in [3.8, 4) is 5.75 Å². The molecule has 3 rings (SSSR count). The predicted octanol–water partition coefficient (Wildman–Crippen LogP) is 1.05. The van der Waals surface area contributed by atoms with Crippen LogP contribution in [0.25, 0.3) is 5.65 Å². The normalized spacial score (nSPS) is 17.8. The highest BCUT2D eigenvalue weighted by atomic mass is 19.1. The van der Waals surface area contributed by atoms with Crippen LogP contribution in [-0.4, -0.2) is 46.5 Å². The molecule has 0 fully saturated rings. The first-order valence-corrected chi connectivity index (χ1v) is 6.25. The molecule has 0 saturated carbocycles. The molecule has 1 N–H and O–H groups in total. The summed E-state index contributed by atoms with van der Waals surface area (Å²) in [7, 11) is 0. The number of carbonyl (C=O) groups is 1. The maximum atomic E-state index is 13.3. The maximum Gasteiger partial charge on any atom is 0.343 e. The van der Waals surface area contributed by atoms with E-state index in [0.717, 1.165) is 0 Å². The van der Waals surface area contributed by atoms with Gasteiger partial charge in [-0.05, 0) is 6.92 Å². The molecule has 0 aromatic carbocycles. The number of alkyl halides is 1. The minimum atomic E-state index is -1.11. The number of nitrogens with one attached hydrogen (secondary N) is 1. The van der Waals surface area contributed by atoms with Crippen LogP contribution in [0.4, 0.5) is 10.2 Å². The van der Waals surface area contributed by atoms with Gasteiger partial charge < -0.3 is 14.8 Å². The van der Waals surface area contributed by atoms with Crippen LogP contribution in [0, 0.1) is 0 Å². The largest absolute Gasteiger partial charge is 0.485 e. The van der Waals surface area contributed by atoms with Gasteiger partial charge >= 0.3 is 5.97 Å². The molecule has 8 heteroatoms. The van der Waals surface area contributed by atoms with Crippen LogP contribution >= 0.6 is 0 Å². The highest BCUT2D eigenvalue weighted by Crippen LogP contribution is 2.26. The van der Waals surface area contributed by atoms with Gasteiger partial charge in [-0.3, -0.25) is 0 Å². The van der Waals surface area contributed by atoms with Crippen LogP contribution in [0.2, 0.25) is 0 Å². The Kier molecular flexibility index (Phi) is 3.13. The Morgan fingerprint density at radius 2 is 2.55 bits per heavy atom. The SMILES string of the molecule is CCOC(=O)c1cnn2cc3c(nc12)NC[C@@H](F)CO3. The van der Waals surface area contributed by atoms with Gasteiger partial charge in [-0.25, -0.2) is 18.7 Å². The Balaban J connectivity index is 2.04. The topological polar surface area (TPSA) is 77.8 Å². The fourth-order valence-electron chi connectivity index (χ4n) is 1.93. The molecule has 0 radical (unpaired) electrons. The minimum absolute atomic E-state index is 0.0425. The lowest BCUT2D eigenvalue weighted by Gasteiger charge is -2.07. The van der Waals surface area contributed by atoms with E-state index in [1.165, 1.54) is 10.7 Å². The summed E-state index contributed by atoms with van der Waals surface area (Å²) in [5.41, 5.74) is 0.605. The van der Waals surface area contributed by atoms with Gasteiger partial charge in [0.2, 0.25) is 0 Å². The number of rotatable bonds is 2. The molecule has 106 valence electrons. The number of nitrogens with zero attached hydrogens (tertiary/aromatic N) is 3. The van der Waals surface area contributed by atoms with Crippen molar-refractivity contribution in [2.75, 3.05) is 25.1 Å².